The molecule has 3 heteroatoms. The molecule has 1 atom stereocenters. The maximum atomic E-state index is 12.9. The van der Waals surface area contributed by atoms with Crippen LogP contribution >= 0.6 is 0 Å². The van der Waals surface area contributed by atoms with Crippen LogP contribution in [0.2, 0.25) is 0 Å². The smallest absolute Gasteiger partial charge is 0.157 e. The number of nitriles is 1. The number of hydrogen-bond donors (Lipinski definition) is 0. The molecule has 0 aliphatic heterocycles. The highest BCUT2D eigenvalue weighted by atomic mass is 19.1. The van der Waals surface area contributed by atoms with E-state index in [9.17, 15) is 14.4 Å². The molecule has 0 radical (unpaired) electrons. The van der Waals surface area contributed by atoms with Gasteiger partial charge in [0, 0.05) is 5.92 Å². The Labute approximate surface area is 114 Å². The fourth-order valence-electron chi connectivity index (χ4n) is 2.32. The fourth-order valence-corrected chi connectivity index (χ4v) is 2.32. The van der Waals surface area contributed by atoms with E-state index in [1.165, 1.54) is 24.3 Å². The number of Topliss-reactive ketones (excluding diaryl/α,β-unsaturated/α-hetero) is 1. The Morgan fingerprint density at radius 1 is 1.21 bits per heavy atom. The van der Waals surface area contributed by atoms with E-state index in [1.54, 1.807) is 0 Å². The van der Waals surface area contributed by atoms with Gasteiger partial charge in [0.05, 0.1) is 6.07 Å². The first-order valence-electron chi connectivity index (χ1n) is 6.82. The van der Waals surface area contributed by atoms with Crippen LogP contribution in [-0.4, -0.2) is 5.78 Å². The van der Waals surface area contributed by atoms with Gasteiger partial charge in [-0.2, -0.15) is 5.26 Å². The van der Waals surface area contributed by atoms with Crippen LogP contribution in [0.3, 0.4) is 0 Å². The average Bonchev–Trinajstić information content (AvgIpc) is 2.41. The van der Waals surface area contributed by atoms with E-state index >= 15 is 0 Å². The summed E-state index contributed by atoms with van der Waals surface area (Å²) in [7, 11) is 0. The quantitative estimate of drug-likeness (QED) is 0.737. The Balaban J connectivity index is 2.92. The van der Waals surface area contributed by atoms with Crippen LogP contribution < -0.4 is 0 Å². The molecule has 0 saturated heterocycles. The molecule has 1 aromatic rings. The Morgan fingerprint density at radius 2 is 1.74 bits per heavy atom. The molecule has 0 aliphatic rings. The van der Waals surface area contributed by atoms with Gasteiger partial charge in [-0.15, -0.1) is 0 Å². The van der Waals surface area contributed by atoms with Gasteiger partial charge in [0.15, 0.2) is 5.78 Å². The van der Waals surface area contributed by atoms with E-state index in [1.807, 2.05) is 13.8 Å². The van der Waals surface area contributed by atoms with Gasteiger partial charge in [-0.05, 0) is 30.5 Å². The SMILES string of the molecule is CCCC(CCC)C(=O)C(C#N)c1ccc(F)cc1. The van der Waals surface area contributed by atoms with E-state index in [0.717, 1.165) is 25.7 Å². The minimum Gasteiger partial charge on any atom is -0.298 e. The van der Waals surface area contributed by atoms with Crippen LogP contribution in [0.15, 0.2) is 24.3 Å². The molecule has 0 spiro atoms. The van der Waals surface area contributed by atoms with Crippen LogP contribution in [0.4, 0.5) is 4.39 Å². The lowest BCUT2D eigenvalue weighted by Gasteiger charge is -2.17. The van der Waals surface area contributed by atoms with Gasteiger partial charge in [-0.25, -0.2) is 4.39 Å². The summed E-state index contributed by atoms with van der Waals surface area (Å²) >= 11 is 0. The minimum atomic E-state index is -0.774. The Morgan fingerprint density at radius 3 is 2.16 bits per heavy atom. The van der Waals surface area contributed by atoms with Crippen LogP contribution in [0, 0.1) is 23.1 Å². The van der Waals surface area contributed by atoms with Gasteiger partial charge in [-0.3, -0.25) is 4.79 Å². The second kappa shape index (κ2) is 7.68. The molecule has 0 aliphatic carbocycles. The number of ketones is 1. The third kappa shape index (κ3) is 4.17. The van der Waals surface area contributed by atoms with Crippen LogP contribution in [0.25, 0.3) is 0 Å². The number of halogens is 1. The van der Waals surface area contributed by atoms with Crippen molar-refractivity contribution in [1.82, 2.24) is 0 Å². The molecule has 0 amide bonds. The summed E-state index contributed by atoms with van der Waals surface area (Å²) in [5.41, 5.74) is 0.589. The van der Waals surface area contributed by atoms with Crippen molar-refractivity contribution in [1.29, 1.82) is 5.26 Å². The molecule has 1 unspecified atom stereocenters. The summed E-state index contributed by atoms with van der Waals surface area (Å²) in [5.74, 6) is -1.22. The lowest BCUT2D eigenvalue weighted by molar-refractivity contribution is -0.123. The zero-order valence-corrected chi connectivity index (χ0v) is 11.5. The van der Waals surface area contributed by atoms with E-state index in [-0.39, 0.29) is 17.5 Å². The standard InChI is InChI=1S/C16H20FNO/c1-3-5-13(6-4-2)16(19)15(11-18)12-7-9-14(17)10-8-12/h7-10,13,15H,3-6H2,1-2H3. The summed E-state index contributed by atoms with van der Waals surface area (Å²) in [6.07, 6.45) is 3.48. The number of benzene rings is 1. The summed E-state index contributed by atoms with van der Waals surface area (Å²) < 4.78 is 12.9. The summed E-state index contributed by atoms with van der Waals surface area (Å²) in [6.45, 7) is 4.07. The van der Waals surface area contributed by atoms with Crippen LogP contribution in [0.5, 0.6) is 0 Å². The Hall–Kier alpha value is -1.69. The molecule has 1 aromatic carbocycles. The second-order valence-corrected chi connectivity index (χ2v) is 4.79. The molecule has 19 heavy (non-hydrogen) atoms. The largest absolute Gasteiger partial charge is 0.298 e. The first-order chi connectivity index (χ1) is 9.13. The van der Waals surface area contributed by atoms with E-state index < -0.39 is 5.92 Å². The zero-order valence-electron chi connectivity index (χ0n) is 11.5. The highest BCUT2D eigenvalue weighted by Crippen LogP contribution is 2.25. The third-order valence-corrected chi connectivity index (χ3v) is 3.29. The number of carbonyl (C=O) groups excluding carboxylic acids is 1. The van der Waals surface area contributed by atoms with Gasteiger partial charge in [0.1, 0.15) is 11.7 Å². The highest BCUT2D eigenvalue weighted by Gasteiger charge is 2.27. The molecule has 0 aromatic heterocycles. The molecule has 0 heterocycles. The van der Waals surface area contributed by atoms with Crippen molar-refractivity contribution in [2.24, 2.45) is 5.92 Å². The number of carbonyl (C=O) groups is 1. The van der Waals surface area contributed by atoms with E-state index in [0.29, 0.717) is 5.56 Å². The fraction of sp³-hybridized carbons (Fsp3) is 0.500. The van der Waals surface area contributed by atoms with E-state index in [4.69, 9.17) is 0 Å². The summed E-state index contributed by atoms with van der Waals surface area (Å²) in [6, 6.07) is 7.70. The van der Waals surface area contributed by atoms with Crippen molar-refractivity contribution in [3.63, 3.8) is 0 Å². The predicted octanol–water partition coefficient (Wildman–Crippen LogP) is 4.22. The van der Waals surface area contributed by atoms with E-state index in [2.05, 4.69) is 6.07 Å². The molecule has 0 fully saturated rings. The Kier molecular flexibility index (Phi) is 6.21. The minimum absolute atomic E-state index is 0.0298. The number of nitrogens with zero attached hydrogens (tertiary/aromatic N) is 1. The first kappa shape index (κ1) is 15.4. The summed E-state index contributed by atoms with van der Waals surface area (Å²) in [5, 5.41) is 9.24. The lowest BCUT2D eigenvalue weighted by Crippen LogP contribution is -2.21. The number of rotatable bonds is 7. The third-order valence-electron chi connectivity index (χ3n) is 3.29. The van der Waals surface area contributed by atoms with Gasteiger partial charge in [-0.1, -0.05) is 38.8 Å². The van der Waals surface area contributed by atoms with Crippen molar-refractivity contribution in [3.05, 3.63) is 35.6 Å². The van der Waals surface area contributed by atoms with Crippen molar-refractivity contribution in [2.45, 2.75) is 45.4 Å². The zero-order chi connectivity index (χ0) is 14.3. The monoisotopic (exact) mass is 261 g/mol. The van der Waals surface area contributed by atoms with Gasteiger partial charge < -0.3 is 0 Å². The second-order valence-electron chi connectivity index (χ2n) is 4.79. The molecule has 0 N–H and O–H groups in total. The molecule has 2 nitrogen and oxygen atoms in total. The molecular weight excluding hydrogens is 241 g/mol. The summed E-state index contributed by atoms with van der Waals surface area (Å²) in [4.78, 5) is 12.4. The molecule has 0 bridgehead atoms. The van der Waals surface area contributed by atoms with Crippen LogP contribution in [0.1, 0.15) is 51.0 Å². The van der Waals surface area contributed by atoms with Crippen molar-refractivity contribution in [2.75, 3.05) is 0 Å². The highest BCUT2D eigenvalue weighted by molar-refractivity contribution is 5.90. The van der Waals surface area contributed by atoms with Gasteiger partial charge in [0.25, 0.3) is 0 Å². The van der Waals surface area contributed by atoms with Crippen LogP contribution in [-0.2, 0) is 4.79 Å². The molecule has 102 valence electrons. The van der Waals surface area contributed by atoms with Crippen molar-refractivity contribution >= 4 is 5.78 Å². The van der Waals surface area contributed by atoms with Gasteiger partial charge in [0.2, 0.25) is 0 Å². The van der Waals surface area contributed by atoms with Gasteiger partial charge >= 0.3 is 0 Å². The average molecular weight is 261 g/mol. The molecule has 1 rings (SSSR count). The topological polar surface area (TPSA) is 40.9 Å². The molecule has 0 saturated carbocycles. The molecular formula is C16H20FNO. The maximum Gasteiger partial charge on any atom is 0.157 e. The lowest BCUT2D eigenvalue weighted by atomic mass is 9.84. The number of hydrogen-bond acceptors (Lipinski definition) is 2. The van der Waals surface area contributed by atoms with Crippen molar-refractivity contribution in [3.8, 4) is 6.07 Å². The Bertz CT molecular complexity index is 441. The first-order valence-corrected chi connectivity index (χ1v) is 6.82. The maximum absolute atomic E-state index is 12.9. The van der Waals surface area contributed by atoms with Crippen molar-refractivity contribution < 1.29 is 9.18 Å². The normalized spacial score (nSPS) is 12.2. The predicted molar refractivity (Wildman–Crippen MR) is 73.1 cm³/mol.